The standard InChI is InChI=1S/C22H20FN5O2S/c1-10-17-20(30)14(11(2)29)9-28(13-6-7-13)22(17)25-19(18(10)23)16-8-12-4-3-5-15(26-27-24)21(12)31-16/h8-9,13,15H,3-7H2,1-2H3. The summed E-state index contributed by atoms with van der Waals surface area (Å²) in [7, 11) is 0. The van der Waals surface area contributed by atoms with Gasteiger partial charge in [0.15, 0.2) is 11.6 Å². The Morgan fingerprint density at radius 2 is 2.16 bits per heavy atom. The van der Waals surface area contributed by atoms with Gasteiger partial charge in [0, 0.05) is 27.6 Å². The summed E-state index contributed by atoms with van der Waals surface area (Å²) in [6.45, 7) is 2.92. The van der Waals surface area contributed by atoms with E-state index in [-0.39, 0.29) is 40.1 Å². The highest BCUT2D eigenvalue weighted by Crippen LogP contribution is 2.43. The Morgan fingerprint density at radius 3 is 2.84 bits per heavy atom. The van der Waals surface area contributed by atoms with Gasteiger partial charge >= 0.3 is 0 Å². The van der Waals surface area contributed by atoms with Crippen LogP contribution in [0.2, 0.25) is 0 Å². The number of halogens is 1. The van der Waals surface area contributed by atoms with Crippen LogP contribution in [0.3, 0.4) is 0 Å². The number of Topliss-reactive ketones (excluding diaryl/α,β-unsaturated/α-hetero) is 1. The molecule has 7 nitrogen and oxygen atoms in total. The van der Waals surface area contributed by atoms with Gasteiger partial charge in [-0.2, -0.15) is 0 Å². The molecule has 0 N–H and O–H groups in total. The number of aromatic nitrogens is 2. The van der Waals surface area contributed by atoms with Gasteiger partial charge in [0.05, 0.1) is 21.9 Å². The van der Waals surface area contributed by atoms with Gasteiger partial charge in [0.25, 0.3) is 0 Å². The van der Waals surface area contributed by atoms with Crippen molar-refractivity contribution in [1.29, 1.82) is 0 Å². The van der Waals surface area contributed by atoms with E-state index < -0.39 is 11.2 Å². The summed E-state index contributed by atoms with van der Waals surface area (Å²) < 4.78 is 17.4. The molecule has 9 heteroatoms. The first kappa shape index (κ1) is 19.9. The molecule has 5 rings (SSSR count). The third kappa shape index (κ3) is 3.16. The monoisotopic (exact) mass is 437 g/mol. The Morgan fingerprint density at radius 1 is 1.39 bits per heavy atom. The summed E-state index contributed by atoms with van der Waals surface area (Å²) in [6.07, 6.45) is 5.99. The van der Waals surface area contributed by atoms with Gasteiger partial charge in [-0.15, -0.1) is 11.3 Å². The lowest BCUT2D eigenvalue weighted by Gasteiger charge is -2.16. The molecule has 0 aromatic carbocycles. The maximum absolute atomic E-state index is 15.5. The predicted octanol–water partition coefficient (Wildman–Crippen LogP) is 5.80. The van der Waals surface area contributed by atoms with Gasteiger partial charge in [0.1, 0.15) is 11.3 Å². The molecule has 0 radical (unpaired) electrons. The number of hydrogen-bond acceptors (Lipinski definition) is 5. The number of carbonyl (C=O) groups is 1. The summed E-state index contributed by atoms with van der Waals surface area (Å²) in [5, 5.41) is 4.08. The Kier molecular flexibility index (Phi) is 4.68. The highest BCUT2D eigenvalue weighted by Gasteiger charge is 2.30. The van der Waals surface area contributed by atoms with Gasteiger partial charge in [-0.25, -0.2) is 9.37 Å². The van der Waals surface area contributed by atoms with Gasteiger partial charge in [0.2, 0.25) is 5.43 Å². The number of pyridine rings is 2. The van der Waals surface area contributed by atoms with E-state index in [1.54, 1.807) is 13.1 Å². The zero-order chi connectivity index (χ0) is 21.9. The number of azide groups is 1. The molecule has 3 aromatic rings. The SMILES string of the molecule is CC(=O)c1cn(C2CC2)c2nc(-c3cc4c(s3)C(N=[N+]=[N-])CCC4)c(F)c(C)c2c1=O. The Labute approximate surface area is 181 Å². The van der Waals surface area contributed by atoms with Crippen molar-refractivity contribution in [2.75, 3.05) is 0 Å². The molecule has 2 aliphatic rings. The van der Waals surface area contributed by atoms with Crippen molar-refractivity contribution in [3.8, 4) is 10.6 Å². The van der Waals surface area contributed by atoms with Gasteiger partial charge in [-0.3, -0.25) is 9.59 Å². The van der Waals surface area contributed by atoms with Crippen LogP contribution >= 0.6 is 11.3 Å². The molecule has 1 fully saturated rings. The molecule has 3 heterocycles. The van der Waals surface area contributed by atoms with Crippen molar-refractivity contribution in [2.45, 2.75) is 58.0 Å². The molecule has 31 heavy (non-hydrogen) atoms. The summed E-state index contributed by atoms with van der Waals surface area (Å²) >= 11 is 1.40. The first-order chi connectivity index (χ1) is 14.9. The maximum atomic E-state index is 15.5. The highest BCUT2D eigenvalue weighted by molar-refractivity contribution is 7.15. The van der Waals surface area contributed by atoms with Crippen molar-refractivity contribution in [1.82, 2.24) is 9.55 Å². The highest BCUT2D eigenvalue weighted by atomic mass is 32.1. The fourth-order valence-corrected chi connectivity index (χ4v) is 5.65. The lowest BCUT2D eigenvalue weighted by Crippen LogP contribution is -2.20. The zero-order valence-electron chi connectivity index (χ0n) is 17.2. The predicted molar refractivity (Wildman–Crippen MR) is 117 cm³/mol. The lowest BCUT2D eigenvalue weighted by atomic mass is 9.95. The second-order valence-electron chi connectivity index (χ2n) is 8.28. The van der Waals surface area contributed by atoms with E-state index in [9.17, 15) is 9.59 Å². The van der Waals surface area contributed by atoms with Crippen LogP contribution < -0.4 is 5.43 Å². The van der Waals surface area contributed by atoms with Crippen molar-refractivity contribution < 1.29 is 9.18 Å². The van der Waals surface area contributed by atoms with Crippen molar-refractivity contribution >= 4 is 28.2 Å². The maximum Gasteiger partial charge on any atom is 0.202 e. The summed E-state index contributed by atoms with van der Waals surface area (Å²) in [5.74, 6) is -0.883. The quantitative estimate of drug-likeness (QED) is 0.223. The molecule has 0 aliphatic heterocycles. The minimum atomic E-state index is -0.549. The van der Waals surface area contributed by atoms with Gasteiger partial charge in [-0.1, -0.05) is 5.11 Å². The molecule has 0 spiro atoms. The number of carbonyl (C=O) groups excluding carboxylic acids is 1. The van der Waals surface area contributed by atoms with Crippen LogP contribution in [0.1, 0.15) is 71.1 Å². The molecule has 1 atom stereocenters. The molecule has 158 valence electrons. The smallest absolute Gasteiger partial charge is 0.202 e. The van der Waals surface area contributed by atoms with Crippen molar-refractivity contribution in [3.05, 3.63) is 60.3 Å². The largest absolute Gasteiger partial charge is 0.328 e. The topological polar surface area (TPSA) is 101 Å². The summed E-state index contributed by atoms with van der Waals surface area (Å²) in [4.78, 5) is 34.2. The number of thiophene rings is 1. The summed E-state index contributed by atoms with van der Waals surface area (Å²) in [6, 6.07) is 1.86. The number of aryl methyl sites for hydroxylation is 2. The third-order valence-electron chi connectivity index (χ3n) is 6.15. The average Bonchev–Trinajstić information content (AvgIpc) is 3.48. The molecule has 1 unspecified atom stereocenters. The van der Waals surface area contributed by atoms with Crippen LogP contribution in [0.5, 0.6) is 0 Å². The van der Waals surface area contributed by atoms with Crippen LogP contribution in [0.25, 0.3) is 32.0 Å². The fraction of sp³-hybridized carbons (Fsp3) is 0.409. The van der Waals surface area contributed by atoms with E-state index >= 15 is 4.39 Å². The van der Waals surface area contributed by atoms with Crippen molar-refractivity contribution in [3.63, 3.8) is 0 Å². The van der Waals surface area contributed by atoms with E-state index in [4.69, 9.17) is 5.53 Å². The fourth-order valence-electron chi connectivity index (χ4n) is 4.39. The van der Waals surface area contributed by atoms with Crippen LogP contribution in [0, 0.1) is 12.7 Å². The third-order valence-corrected chi connectivity index (χ3v) is 7.44. The van der Waals surface area contributed by atoms with Crippen molar-refractivity contribution in [2.24, 2.45) is 5.11 Å². The number of hydrogen-bond donors (Lipinski definition) is 0. The molecule has 0 amide bonds. The molecule has 3 aromatic heterocycles. The Hall–Kier alpha value is -3.03. The van der Waals surface area contributed by atoms with E-state index in [1.165, 1.54) is 18.3 Å². The minimum absolute atomic E-state index is 0.0697. The van der Waals surface area contributed by atoms with Crippen LogP contribution in [0.15, 0.2) is 22.2 Å². The second kappa shape index (κ2) is 7.28. The van der Waals surface area contributed by atoms with Crippen LogP contribution in [-0.4, -0.2) is 15.3 Å². The Bertz CT molecular complexity index is 1360. The molecular weight excluding hydrogens is 417 g/mol. The minimum Gasteiger partial charge on any atom is -0.328 e. The zero-order valence-corrected chi connectivity index (χ0v) is 18.0. The molecule has 1 saturated carbocycles. The van der Waals surface area contributed by atoms with Gasteiger partial charge in [-0.05, 0) is 63.1 Å². The average molecular weight is 438 g/mol. The van der Waals surface area contributed by atoms with E-state index in [0.717, 1.165) is 42.5 Å². The molecular formula is C22H20FN5O2S. The van der Waals surface area contributed by atoms with E-state index in [1.807, 2.05) is 10.6 Å². The van der Waals surface area contributed by atoms with Crippen LogP contribution in [0.4, 0.5) is 4.39 Å². The van der Waals surface area contributed by atoms with E-state index in [0.29, 0.717) is 10.5 Å². The second-order valence-corrected chi connectivity index (χ2v) is 9.36. The van der Waals surface area contributed by atoms with Crippen LogP contribution in [-0.2, 0) is 6.42 Å². The first-order valence-corrected chi connectivity index (χ1v) is 11.2. The number of rotatable bonds is 4. The lowest BCUT2D eigenvalue weighted by molar-refractivity contribution is 0.101. The molecule has 2 aliphatic carbocycles. The van der Waals surface area contributed by atoms with Gasteiger partial charge < -0.3 is 4.57 Å². The normalized spacial score (nSPS) is 18.0. The Balaban J connectivity index is 1.77. The summed E-state index contributed by atoms with van der Waals surface area (Å²) in [5.41, 5.74) is 10.4. The first-order valence-electron chi connectivity index (χ1n) is 10.3. The number of ketones is 1. The molecule has 0 saturated heterocycles. The number of fused-ring (bicyclic) bond motifs is 2. The molecule has 0 bridgehead atoms. The van der Waals surface area contributed by atoms with E-state index in [2.05, 4.69) is 15.0 Å². The number of nitrogens with zero attached hydrogens (tertiary/aromatic N) is 5.